The summed E-state index contributed by atoms with van der Waals surface area (Å²) in [6, 6.07) is 6.54. The number of anilines is 1. The first-order valence-corrected chi connectivity index (χ1v) is 8.98. The lowest BCUT2D eigenvalue weighted by atomic mass is 10.2. The minimum Gasteiger partial charge on any atom is -0.462 e. The van der Waals surface area contributed by atoms with E-state index in [0.29, 0.717) is 44.0 Å². The van der Waals surface area contributed by atoms with Gasteiger partial charge in [0.15, 0.2) is 0 Å². The summed E-state index contributed by atoms with van der Waals surface area (Å²) in [5.74, 6) is -0.643. The molecule has 0 bridgehead atoms. The van der Waals surface area contributed by atoms with Gasteiger partial charge in [-0.1, -0.05) is 0 Å². The van der Waals surface area contributed by atoms with Gasteiger partial charge in [-0.15, -0.1) is 0 Å². The Hall–Kier alpha value is -2.90. The maximum atomic E-state index is 12.4. The van der Waals surface area contributed by atoms with Crippen LogP contribution in [0.1, 0.15) is 30.6 Å². The molecule has 1 fully saturated rings. The van der Waals surface area contributed by atoms with Gasteiger partial charge >= 0.3 is 5.97 Å². The van der Waals surface area contributed by atoms with Crippen molar-refractivity contribution in [2.45, 2.75) is 20.3 Å². The van der Waals surface area contributed by atoms with Crippen LogP contribution < -0.4 is 4.90 Å². The second-order valence-electron chi connectivity index (χ2n) is 6.21. The Morgan fingerprint density at radius 3 is 2.26 bits per heavy atom. The van der Waals surface area contributed by atoms with Gasteiger partial charge in [0.1, 0.15) is 0 Å². The number of hydrogen-bond acceptors (Lipinski definition) is 5. The zero-order chi connectivity index (χ0) is 19.8. The van der Waals surface area contributed by atoms with E-state index >= 15 is 0 Å². The molecule has 27 heavy (non-hydrogen) atoms. The minimum atomic E-state index is -0.414. The molecule has 0 atom stereocenters. The lowest BCUT2D eigenvalue weighted by Gasteiger charge is -2.33. The maximum Gasteiger partial charge on any atom is 0.338 e. The van der Waals surface area contributed by atoms with E-state index in [0.717, 1.165) is 6.41 Å². The van der Waals surface area contributed by atoms with Gasteiger partial charge in [-0.05, 0) is 31.2 Å². The molecule has 0 N–H and O–H groups in total. The van der Waals surface area contributed by atoms with Gasteiger partial charge in [0.05, 0.1) is 12.2 Å². The van der Waals surface area contributed by atoms with Gasteiger partial charge in [0, 0.05) is 51.8 Å². The summed E-state index contributed by atoms with van der Waals surface area (Å²) in [5, 5.41) is 0. The Bertz CT molecular complexity index is 681. The summed E-state index contributed by atoms with van der Waals surface area (Å²) in [7, 11) is 0. The molecule has 0 unspecified atom stereocenters. The SMILES string of the molecule is CCOC(=O)c1ccc(N(CCC(=O)N2CCN(C=O)CC2)C(C)=O)cc1. The van der Waals surface area contributed by atoms with Crippen molar-refractivity contribution < 1.29 is 23.9 Å². The third kappa shape index (κ3) is 5.54. The van der Waals surface area contributed by atoms with E-state index in [4.69, 9.17) is 4.74 Å². The molecule has 0 radical (unpaired) electrons. The van der Waals surface area contributed by atoms with Gasteiger partial charge in [0.2, 0.25) is 18.2 Å². The molecule has 1 saturated heterocycles. The number of ether oxygens (including phenoxy) is 1. The van der Waals surface area contributed by atoms with Crippen LogP contribution in [0.2, 0.25) is 0 Å². The highest BCUT2D eigenvalue weighted by Crippen LogP contribution is 2.17. The second kappa shape index (κ2) is 9.70. The third-order valence-corrected chi connectivity index (χ3v) is 4.44. The summed E-state index contributed by atoms with van der Waals surface area (Å²) in [6.07, 6.45) is 0.986. The van der Waals surface area contributed by atoms with Crippen LogP contribution in [-0.4, -0.2) is 73.3 Å². The number of amides is 3. The van der Waals surface area contributed by atoms with Gasteiger partial charge in [-0.25, -0.2) is 4.79 Å². The summed E-state index contributed by atoms with van der Waals surface area (Å²) in [6.45, 7) is 5.79. The quantitative estimate of drug-likeness (QED) is 0.522. The molecular formula is C19H25N3O5. The Morgan fingerprint density at radius 1 is 1.11 bits per heavy atom. The topological polar surface area (TPSA) is 87.2 Å². The number of benzene rings is 1. The highest BCUT2D eigenvalue weighted by Gasteiger charge is 2.21. The first-order chi connectivity index (χ1) is 13.0. The highest BCUT2D eigenvalue weighted by molar-refractivity contribution is 5.94. The molecule has 1 aliphatic heterocycles. The van der Waals surface area contributed by atoms with Crippen molar-refractivity contribution in [3.05, 3.63) is 29.8 Å². The van der Waals surface area contributed by atoms with E-state index in [-0.39, 0.29) is 24.8 Å². The average Bonchev–Trinajstić information content (AvgIpc) is 2.68. The number of nitrogens with zero attached hydrogens (tertiary/aromatic N) is 3. The zero-order valence-electron chi connectivity index (χ0n) is 15.7. The van der Waals surface area contributed by atoms with Crippen molar-refractivity contribution >= 4 is 29.9 Å². The van der Waals surface area contributed by atoms with Crippen LogP contribution in [0.15, 0.2) is 24.3 Å². The molecule has 8 heteroatoms. The molecule has 0 aliphatic carbocycles. The smallest absolute Gasteiger partial charge is 0.338 e. The fourth-order valence-electron chi connectivity index (χ4n) is 2.90. The van der Waals surface area contributed by atoms with E-state index < -0.39 is 5.97 Å². The van der Waals surface area contributed by atoms with Gasteiger partial charge in [-0.2, -0.15) is 0 Å². The summed E-state index contributed by atoms with van der Waals surface area (Å²) in [4.78, 5) is 51.7. The summed E-state index contributed by atoms with van der Waals surface area (Å²) < 4.78 is 4.94. The van der Waals surface area contributed by atoms with E-state index in [1.807, 2.05) is 0 Å². The minimum absolute atomic E-state index is 0.0463. The zero-order valence-corrected chi connectivity index (χ0v) is 15.7. The largest absolute Gasteiger partial charge is 0.462 e. The number of hydrogen-bond donors (Lipinski definition) is 0. The lowest BCUT2D eigenvalue weighted by molar-refractivity contribution is -0.135. The van der Waals surface area contributed by atoms with Crippen LogP contribution in [0.5, 0.6) is 0 Å². The van der Waals surface area contributed by atoms with Crippen LogP contribution in [0, 0.1) is 0 Å². The molecule has 0 spiro atoms. The Kier molecular flexibility index (Phi) is 7.34. The van der Waals surface area contributed by atoms with Gasteiger partial charge < -0.3 is 19.4 Å². The number of piperazine rings is 1. The third-order valence-electron chi connectivity index (χ3n) is 4.44. The van der Waals surface area contributed by atoms with E-state index in [1.54, 1.807) is 41.0 Å². The Balaban J connectivity index is 1.95. The first-order valence-electron chi connectivity index (χ1n) is 8.98. The van der Waals surface area contributed by atoms with Crippen molar-refractivity contribution in [2.75, 3.05) is 44.2 Å². The molecule has 1 aromatic carbocycles. The normalized spacial score (nSPS) is 13.9. The highest BCUT2D eigenvalue weighted by atomic mass is 16.5. The predicted molar refractivity (Wildman–Crippen MR) is 99.3 cm³/mol. The van der Waals surface area contributed by atoms with Crippen LogP contribution >= 0.6 is 0 Å². The number of esters is 1. The van der Waals surface area contributed by atoms with Crippen molar-refractivity contribution in [3.63, 3.8) is 0 Å². The summed E-state index contributed by atoms with van der Waals surface area (Å²) in [5.41, 5.74) is 1.03. The number of rotatable bonds is 7. The first kappa shape index (κ1) is 20.4. The molecule has 146 valence electrons. The number of carbonyl (C=O) groups excluding carboxylic acids is 4. The van der Waals surface area contributed by atoms with E-state index in [9.17, 15) is 19.2 Å². The molecule has 1 aliphatic rings. The van der Waals surface area contributed by atoms with Crippen LogP contribution in [0.3, 0.4) is 0 Å². The van der Waals surface area contributed by atoms with Crippen molar-refractivity contribution in [2.24, 2.45) is 0 Å². The molecule has 0 aromatic heterocycles. The molecule has 1 heterocycles. The molecule has 1 aromatic rings. The fraction of sp³-hybridized carbons (Fsp3) is 0.474. The average molecular weight is 375 g/mol. The van der Waals surface area contributed by atoms with Crippen LogP contribution in [0.25, 0.3) is 0 Å². The predicted octanol–water partition coefficient (Wildman–Crippen LogP) is 0.907. The molecule has 0 saturated carbocycles. The van der Waals surface area contributed by atoms with Crippen LogP contribution in [-0.2, 0) is 19.1 Å². The van der Waals surface area contributed by atoms with Crippen LogP contribution in [0.4, 0.5) is 5.69 Å². The standard InChI is InChI=1S/C19H25N3O5/c1-3-27-19(26)16-4-6-17(7-5-16)22(15(2)24)9-8-18(25)21-12-10-20(14-23)11-13-21/h4-7,14H,3,8-13H2,1-2H3. The molecule has 3 amide bonds. The second-order valence-corrected chi connectivity index (χ2v) is 6.21. The van der Waals surface area contributed by atoms with Gasteiger partial charge in [0.25, 0.3) is 0 Å². The molecule has 2 rings (SSSR count). The van der Waals surface area contributed by atoms with E-state index in [2.05, 4.69) is 0 Å². The number of carbonyl (C=O) groups is 4. The maximum absolute atomic E-state index is 12.4. The lowest BCUT2D eigenvalue weighted by Crippen LogP contribution is -2.48. The monoisotopic (exact) mass is 375 g/mol. The van der Waals surface area contributed by atoms with Crippen molar-refractivity contribution in [1.82, 2.24) is 9.80 Å². The van der Waals surface area contributed by atoms with E-state index in [1.165, 1.54) is 11.8 Å². The molecular weight excluding hydrogens is 350 g/mol. The summed E-state index contributed by atoms with van der Waals surface area (Å²) >= 11 is 0. The molecule has 8 nitrogen and oxygen atoms in total. The van der Waals surface area contributed by atoms with Crippen molar-refractivity contribution in [1.29, 1.82) is 0 Å². The van der Waals surface area contributed by atoms with Crippen molar-refractivity contribution in [3.8, 4) is 0 Å². The Morgan fingerprint density at radius 2 is 1.74 bits per heavy atom. The fourth-order valence-corrected chi connectivity index (χ4v) is 2.90. The Labute approximate surface area is 158 Å². The van der Waals surface area contributed by atoms with Gasteiger partial charge in [-0.3, -0.25) is 14.4 Å².